The zero-order valence-corrected chi connectivity index (χ0v) is 11.7. The second kappa shape index (κ2) is 5.51. The molecule has 0 saturated heterocycles. The Labute approximate surface area is 123 Å². The fourth-order valence-electron chi connectivity index (χ4n) is 2.67. The second-order valence-electron chi connectivity index (χ2n) is 5.33. The molecule has 1 nitrogen and oxygen atoms in total. The summed E-state index contributed by atoms with van der Waals surface area (Å²) in [7, 11) is 0. The summed E-state index contributed by atoms with van der Waals surface area (Å²) < 4.78 is 26.1. The predicted molar refractivity (Wildman–Crippen MR) is 78.0 cm³/mol. The Morgan fingerprint density at radius 1 is 1.05 bits per heavy atom. The van der Waals surface area contributed by atoms with Crippen molar-refractivity contribution in [1.82, 2.24) is 0 Å². The smallest absolute Gasteiger partial charge is 0.159 e. The first kappa shape index (κ1) is 14.9. The van der Waals surface area contributed by atoms with E-state index >= 15 is 0 Å². The average Bonchev–Trinajstić information content (AvgIpc) is 3.05. The van der Waals surface area contributed by atoms with E-state index in [1.54, 1.807) is 6.07 Å². The quantitative estimate of drug-likeness (QED) is 0.915. The van der Waals surface area contributed by atoms with Crippen LogP contribution in [0.1, 0.15) is 23.5 Å². The Hall–Kier alpha value is -1.45. The van der Waals surface area contributed by atoms with Crippen LogP contribution in [0.25, 0.3) is 0 Å². The first-order chi connectivity index (χ1) is 9.08. The highest BCUT2D eigenvalue weighted by Gasteiger charge is 2.51. The summed E-state index contributed by atoms with van der Waals surface area (Å²) in [6.45, 7) is 0. The van der Waals surface area contributed by atoms with Crippen molar-refractivity contribution in [1.29, 1.82) is 0 Å². The maximum atomic E-state index is 13.2. The van der Waals surface area contributed by atoms with E-state index in [1.807, 2.05) is 30.3 Å². The Kier molecular flexibility index (Phi) is 4.11. The molecule has 0 spiro atoms. The molecular formula is C16H16ClF2N. The maximum Gasteiger partial charge on any atom is 0.159 e. The molecule has 1 aliphatic carbocycles. The summed E-state index contributed by atoms with van der Waals surface area (Å²) in [6.07, 6.45) is 1.57. The zero-order chi connectivity index (χ0) is 13.5. The van der Waals surface area contributed by atoms with Crippen LogP contribution < -0.4 is 5.73 Å². The minimum Gasteiger partial charge on any atom is -0.324 e. The van der Waals surface area contributed by atoms with E-state index < -0.39 is 11.6 Å². The SMILES string of the molecule is Cl.NC1(Cc2ccccc2)CC1c1ccc(F)c(F)c1. The first-order valence-corrected chi connectivity index (χ1v) is 6.36. The standard InChI is InChI=1S/C16H15F2N.ClH/c17-14-7-6-12(8-15(14)18)13-10-16(13,19)9-11-4-2-1-3-5-11;/h1-8,13H,9-10,19H2;1H. The summed E-state index contributed by atoms with van der Waals surface area (Å²) in [5.74, 6) is -1.50. The molecule has 2 atom stereocenters. The number of hydrogen-bond donors (Lipinski definition) is 1. The van der Waals surface area contributed by atoms with E-state index in [0.717, 1.165) is 18.4 Å². The maximum absolute atomic E-state index is 13.2. The lowest BCUT2D eigenvalue weighted by molar-refractivity contribution is 0.506. The molecule has 0 aromatic heterocycles. The largest absolute Gasteiger partial charge is 0.324 e. The van der Waals surface area contributed by atoms with E-state index in [1.165, 1.54) is 17.7 Å². The van der Waals surface area contributed by atoms with E-state index in [0.29, 0.717) is 0 Å². The third-order valence-electron chi connectivity index (χ3n) is 3.84. The van der Waals surface area contributed by atoms with Crippen molar-refractivity contribution in [3.8, 4) is 0 Å². The molecule has 1 fully saturated rings. The van der Waals surface area contributed by atoms with Gasteiger partial charge in [0.05, 0.1) is 0 Å². The van der Waals surface area contributed by atoms with Crippen LogP contribution >= 0.6 is 12.4 Å². The van der Waals surface area contributed by atoms with Crippen LogP contribution in [0.5, 0.6) is 0 Å². The molecule has 2 N–H and O–H groups in total. The van der Waals surface area contributed by atoms with Gasteiger partial charge in [-0.3, -0.25) is 0 Å². The predicted octanol–water partition coefficient (Wildman–Crippen LogP) is 3.81. The molecule has 3 rings (SSSR count). The summed E-state index contributed by atoms with van der Waals surface area (Å²) in [5.41, 5.74) is 7.96. The lowest BCUT2D eigenvalue weighted by atomic mass is 9.99. The molecule has 0 aliphatic heterocycles. The van der Waals surface area contributed by atoms with Crippen molar-refractivity contribution in [3.05, 3.63) is 71.3 Å². The van der Waals surface area contributed by atoms with E-state index in [9.17, 15) is 8.78 Å². The molecule has 2 aromatic carbocycles. The Bertz CT molecular complexity index is 603. The molecule has 20 heavy (non-hydrogen) atoms. The molecule has 0 bridgehead atoms. The van der Waals surface area contributed by atoms with Crippen molar-refractivity contribution in [2.24, 2.45) is 5.73 Å². The highest BCUT2D eigenvalue weighted by Crippen LogP contribution is 2.51. The van der Waals surface area contributed by atoms with Crippen LogP contribution in [-0.2, 0) is 6.42 Å². The van der Waals surface area contributed by atoms with Gasteiger partial charge in [0.25, 0.3) is 0 Å². The number of halogens is 3. The molecule has 0 radical (unpaired) electrons. The van der Waals surface area contributed by atoms with Gasteiger partial charge in [-0.15, -0.1) is 12.4 Å². The summed E-state index contributed by atoms with van der Waals surface area (Å²) in [5, 5.41) is 0. The zero-order valence-electron chi connectivity index (χ0n) is 10.9. The molecule has 106 valence electrons. The molecule has 1 saturated carbocycles. The van der Waals surface area contributed by atoms with Crippen molar-refractivity contribution in [2.45, 2.75) is 24.3 Å². The highest BCUT2D eigenvalue weighted by molar-refractivity contribution is 5.85. The van der Waals surface area contributed by atoms with Crippen molar-refractivity contribution in [3.63, 3.8) is 0 Å². The molecule has 2 aromatic rings. The monoisotopic (exact) mass is 295 g/mol. The van der Waals surface area contributed by atoms with Gasteiger partial charge in [-0.2, -0.15) is 0 Å². The van der Waals surface area contributed by atoms with E-state index in [-0.39, 0.29) is 23.9 Å². The van der Waals surface area contributed by atoms with Gasteiger partial charge < -0.3 is 5.73 Å². The number of nitrogens with two attached hydrogens (primary N) is 1. The average molecular weight is 296 g/mol. The minimum absolute atomic E-state index is 0. The van der Waals surface area contributed by atoms with Gasteiger partial charge in [-0.25, -0.2) is 8.78 Å². The molecular weight excluding hydrogens is 280 g/mol. The van der Waals surface area contributed by atoms with E-state index in [2.05, 4.69) is 0 Å². The number of benzene rings is 2. The summed E-state index contributed by atoms with van der Waals surface area (Å²) in [4.78, 5) is 0. The Morgan fingerprint density at radius 3 is 2.40 bits per heavy atom. The minimum atomic E-state index is -0.810. The molecule has 1 aliphatic rings. The second-order valence-corrected chi connectivity index (χ2v) is 5.33. The highest BCUT2D eigenvalue weighted by atomic mass is 35.5. The van der Waals surface area contributed by atoms with Crippen LogP contribution in [0.4, 0.5) is 8.78 Å². The lowest BCUT2D eigenvalue weighted by Crippen LogP contribution is -2.27. The van der Waals surface area contributed by atoms with Crippen LogP contribution in [0.2, 0.25) is 0 Å². The van der Waals surface area contributed by atoms with Gasteiger partial charge in [-0.1, -0.05) is 36.4 Å². The van der Waals surface area contributed by atoms with E-state index in [4.69, 9.17) is 5.73 Å². The van der Waals surface area contributed by atoms with Gasteiger partial charge in [0.15, 0.2) is 11.6 Å². The van der Waals surface area contributed by atoms with Gasteiger partial charge in [-0.05, 0) is 36.1 Å². The Morgan fingerprint density at radius 2 is 1.75 bits per heavy atom. The summed E-state index contributed by atoms with van der Waals surface area (Å²) >= 11 is 0. The van der Waals surface area contributed by atoms with Gasteiger partial charge in [0, 0.05) is 11.5 Å². The fraction of sp³-hybridized carbons (Fsp3) is 0.250. The number of rotatable bonds is 3. The lowest BCUT2D eigenvalue weighted by Gasteiger charge is -2.12. The normalized spacial score (nSPS) is 24.1. The molecule has 4 heteroatoms. The Balaban J connectivity index is 0.00000147. The van der Waals surface area contributed by atoms with Gasteiger partial charge in [0.1, 0.15) is 0 Å². The number of hydrogen-bond acceptors (Lipinski definition) is 1. The van der Waals surface area contributed by atoms with Crippen LogP contribution in [0.15, 0.2) is 48.5 Å². The summed E-state index contributed by atoms with van der Waals surface area (Å²) in [6, 6.07) is 14.1. The molecule has 0 amide bonds. The third kappa shape index (κ3) is 2.84. The topological polar surface area (TPSA) is 26.0 Å². The molecule has 0 heterocycles. The van der Waals surface area contributed by atoms with Crippen molar-refractivity contribution < 1.29 is 8.78 Å². The van der Waals surface area contributed by atoms with Gasteiger partial charge >= 0.3 is 0 Å². The van der Waals surface area contributed by atoms with Crippen LogP contribution in [-0.4, -0.2) is 5.54 Å². The fourth-order valence-corrected chi connectivity index (χ4v) is 2.67. The van der Waals surface area contributed by atoms with Crippen molar-refractivity contribution >= 4 is 12.4 Å². The van der Waals surface area contributed by atoms with Crippen LogP contribution in [0.3, 0.4) is 0 Å². The first-order valence-electron chi connectivity index (χ1n) is 6.36. The third-order valence-corrected chi connectivity index (χ3v) is 3.84. The van der Waals surface area contributed by atoms with Crippen LogP contribution in [0, 0.1) is 11.6 Å². The molecule has 2 unspecified atom stereocenters. The van der Waals surface area contributed by atoms with Gasteiger partial charge in [0.2, 0.25) is 0 Å². The van der Waals surface area contributed by atoms with Crippen molar-refractivity contribution in [2.75, 3.05) is 0 Å².